The van der Waals surface area contributed by atoms with Gasteiger partial charge in [-0.05, 0) is 62.2 Å². The molecule has 0 radical (unpaired) electrons. The van der Waals surface area contributed by atoms with Gasteiger partial charge in [0.1, 0.15) is 5.82 Å². The predicted molar refractivity (Wildman–Crippen MR) is 108 cm³/mol. The van der Waals surface area contributed by atoms with Crippen molar-refractivity contribution in [3.8, 4) is 0 Å². The fourth-order valence-corrected chi connectivity index (χ4v) is 3.28. The number of nitrogens with one attached hydrogen (secondary N) is 2. The summed E-state index contributed by atoms with van der Waals surface area (Å²) in [6, 6.07) is 13.7. The highest BCUT2D eigenvalue weighted by Crippen LogP contribution is 2.39. The quantitative estimate of drug-likeness (QED) is 0.733. The molecule has 2 N–H and O–H groups in total. The van der Waals surface area contributed by atoms with Crippen molar-refractivity contribution in [1.82, 2.24) is 5.32 Å². The average Bonchev–Trinajstić information content (AvgIpc) is 3.51. The van der Waals surface area contributed by atoms with Crippen molar-refractivity contribution in [2.24, 2.45) is 11.8 Å². The third kappa shape index (κ3) is 4.88. The predicted octanol–water partition coefficient (Wildman–Crippen LogP) is 3.56. The van der Waals surface area contributed by atoms with E-state index in [1.165, 1.54) is 12.1 Å². The molecule has 1 aliphatic rings. The van der Waals surface area contributed by atoms with Crippen LogP contribution in [0.15, 0.2) is 48.5 Å². The minimum atomic E-state index is -0.306. The molecule has 0 aliphatic heterocycles. The third-order valence-electron chi connectivity index (χ3n) is 5.11. The van der Waals surface area contributed by atoms with Crippen LogP contribution in [0.5, 0.6) is 0 Å². The van der Waals surface area contributed by atoms with Crippen molar-refractivity contribution in [2.75, 3.05) is 23.3 Å². The second-order valence-electron chi connectivity index (χ2n) is 7.00. The molecule has 148 valence electrons. The summed E-state index contributed by atoms with van der Waals surface area (Å²) in [5, 5.41) is 5.71. The number of carbonyl (C=O) groups excluding carboxylic acids is 2. The minimum Gasteiger partial charge on any atom is -0.372 e. The number of anilines is 2. The van der Waals surface area contributed by atoms with Crippen LogP contribution >= 0.6 is 0 Å². The molecule has 0 spiro atoms. The summed E-state index contributed by atoms with van der Waals surface area (Å²) in [4.78, 5) is 26.8. The van der Waals surface area contributed by atoms with E-state index in [-0.39, 0.29) is 29.5 Å². The number of halogens is 1. The van der Waals surface area contributed by atoms with Gasteiger partial charge >= 0.3 is 0 Å². The standard InChI is InChI=1S/C22H26FN3O2/c1-3-26(4-2)18-11-9-17(10-12-18)25-22(28)20-13-19(20)21(27)24-14-15-5-7-16(23)8-6-15/h5-12,19-20H,3-4,13-14H2,1-2H3,(H,24,27)(H,25,28). The fourth-order valence-electron chi connectivity index (χ4n) is 3.28. The average molecular weight is 383 g/mol. The smallest absolute Gasteiger partial charge is 0.228 e. The van der Waals surface area contributed by atoms with Crippen LogP contribution < -0.4 is 15.5 Å². The molecule has 2 amide bonds. The van der Waals surface area contributed by atoms with Gasteiger partial charge in [-0.3, -0.25) is 9.59 Å². The molecule has 1 fully saturated rings. The van der Waals surface area contributed by atoms with Crippen molar-refractivity contribution in [3.63, 3.8) is 0 Å². The van der Waals surface area contributed by atoms with Gasteiger partial charge < -0.3 is 15.5 Å². The molecule has 0 aromatic heterocycles. The zero-order valence-electron chi connectivity index (χ0n) is 16.2. The summed E-state index contributed by atoms with van der Waals surface area (Å²) in [7, 11) is 0. The summed E-state index contributed by atoms with van der Waals surface area (Å²) >= 11 is 0. The molecule has 2 aromatic carbocycles. The van der Waals surface area contributed by atoms with E-state index < -0.39 is 0 Å². The first-order chi connectivity index (χ1) is 13.5. The number of nitrogens with zero attached hydrogens (tertiary/aromatic N) is 1. The van der Waals surface area contributed by atoms with Crippen LogP contribution in [0.4, 0.5) is 15.8 Å². The maximum absolute atomic E-state index is 12.9. The normalized spacial score (nSPS) is 17.7. The van der Waals surface area contributed by atoms with E-state index in [2.05, 4.69) is 29.4 Å². The van der Waals surface area contributed by atoms with Crippen LogP contribution in [0.1, 0.15) is 25.8 Å². The molecule has 3 rings (SSSR count). The largest absolute Gasteiger partial charge is 0.372 e. The summed E-state index contributed by atoms with van der Waals surface area (Å²) in [5.74, 6) is -1.16. The van der Waals surface area contributed by atoms with E-state index in [4.69, 9.17) is 0 Å². The Hall–Kier alpha value is -2.89. The summed E-state index contributed by atoms with van der Waals surface area (Å²) in [6.45, 7) is 6.40. The van der Waals surface area contributed by atoms with E-state index in [1.807, 2.05) is 24.3 Å². The molecule has 2 atom stereocenters. The molecule has 28 heavy (non-hydrogen) atoms. The lowest BCUT2D eigenvalue weighted by Crippen LogP contribution is -2.27. The summed E-state index contributed by atoms with van der Waals surface area (Å²) < 4.78 is 12.9. The first-order valence-electron chi connectivity index (χ1n) is 9.69. The first kappa shape index (κ1) is 19.9. The molecule has 0 bridgehead atoms. The molecule has 2 unspecified atom stereocenters. The van der Waals surface area contributed by atoms with Gasteiger partial charge in [-0.25, -0.2) is 4.39 Å². The second-order valence-corrected chi connectivity index (χ2v) is 7.00. The van der Waals surface area contributed by atoms with Gasteiger partial charge in [-0.1, -0.05) is 12.1 Å². The van der Waals surface area contributed by atoms with Crippen molar-refractivity contribution in [1.29, 1.82) is 0 Å². The molecule has 0 heterocycles. The van der Waals surface area contributed by atoms with Crippen molar-refractivity contribution < 1.29 is 14.0 Å². The van der Waals surface area contributed by atoms with Crippen LogP contribution in [0, 0.1) is 17.7 Å². The Morgan fingerprint density at radius 3 is 2.18 bits per heavy atom. The molecule has 5 nitrogen and oxygen atoms in total. The van der Waals surface area contributed by atoms with Gasteiger partial charge in [0.05, 0.1) is 11.8 Å². The number of hydrogen-bond acceptors (Lipinski definition) is 3. The van der Waals surface area contributed by atoms with Crippen LogP contribution in [0.25, 0.3) is 0 Å². The second kappa shape index (κ2) is 8.87. The third-order valence-corrected chi connectivity index (χ3v) is 5.11. The van der Waals surface area contributed by atoms with Gasteiger partial charge in [0.25, 0.3) is 0 Å². The number of rotatable bonds is 8. The molecular weight excluding hydrogens is 357 g/mol. The van der Waals surface area contributed by atoms with Crippen LogP contribution in [-0.4, -0.2) is 24.9 Å². The van der Waals surface area contributed by atoms with E-state index in [0.717, 1.165) is 30.0 Å². The Morgan fingerprint density at radius 1 is 0.964 bits per heavy atom. The lowest BCUT2D eigenvalue weighted by atomic mass is 10.2. The fraction of sp³-hybridized carbons (Fsp3) is 0.364. The van der Waals surface area contributed by atoms with Gasteiger partial charge in [-0.2, -0.15) is 0 Å². The van der Waals surface area contributed by atoms with Gasteiger partial charge in [0, 0.05) is 31.0 Å². The zero-order chi connectivity index (χ0) is 20.1. The van der Waals surface area contributed by atoms with Crippen molar-refractivity contribution >= 4 is 23.2 Å². The summed E-state index contributed by atoms with van der Waals surface area (Å²) in [6.07, 6.45) is 0.554. The molecule has 0 saturated heterocycles. The number of amides is 2. The van der Waals surface area contributed by atoms with Crippen molar-refractivity contribution in [2.45, 2.75) is 26.8 Å². The van der Waals surface area contributed by atoms with Crippen LogP contribution in [0.2, 0.25) is 0 Å². The first-order valence-corrected chi connectivity index (χ1v) is 9.69. The number of benzene rings is 2. The highest BCUT2D eigenvalue weighted by molar-refractivity contribution is 5.99. The highest BCUT2D eigenvalue weighted by atomic mass is 19.1. The van der Waals surface area contributed by atoms with E-state index >= 15 is 0 Å². The van der Waals surface area contributed by atoms with E-state index in [9.17, 15) is 14.0 Å². The molecule has 2 aromatic rings. The van der Waals surface area contributed by atoms with Crippen LogP contribution in [-0.2, 0) is 16.1 Å². The Balaban J connectivity index is 1.47. The lowest BCUT2D eigenvalue weighted by molar-refractivity contribution is -0.125. The van der Waals surface area contributed by atoms with Gasteiger partial charge in [0.15, 0.2) is 0 Å². The van der Waals surface area contributed by atoms with E-state index in [0.29, 0.717) is 13.0 Å². The zero-order valence-corrected chi connectivity index (χ0v) is 16.2. The van der Waals surface area contributed by atoms with Crippen molar-refractivity contribution in [3.05, 3.63) is 59.9 Å². The van der Waals surface area contributed by atoms with E-state index in [1.54, 1.807) is 12.1 Å². The Labute approximate surface area is 164 Å². The molecule has 6 heteroatoms. The Kier molecular flexibility index (Phi) is 6.29. The number of carbonyl (C=O) groups is 2. The monoisotopic (exact) mass is 383 g/mol. The molecule has 1 saturated carbocycles. The molecule has 1 aliphatic carbocycles. The van der Waals surface area contributed by atoms with Gasteiger partial charge in [-0.15, -0.1) is 0 Å². The summed E-state index contributed by atoms with van der Waals surface area (Å²) in [5.41, 5.74) is 2.68. The Morgan fingerprint density at radius 2 is 1.57 bits per heavy atom. The number of hydrogen-bond donors (Lipinski definition) is 2. The highest BCUT2D eigenvalue weighted by Gasteiger charge is 2.47. The van der Waals surface area contributed by atoms with Gasteiger partial charge in [0.2, 0.25) is 11.8 Å². The maximum Gasteiger partial charge on any atom is 0.228 e. The topological polar surface area (TPSA) is 61.4 Å². The lowest BCUT2D eigenvalue weighted by Gasteiger charge is -2.21. The molecular formula is C22H26FN3O2. The maximum atomic E-state index is 12.9. The SMILES string of the molecule is CCN(CC)c1ccc(NC(=O)C2CC2C(=O)NCc2ccc(F)cc2)cc1. The Bertz CT molecular complexity index is 817. The van der Waals surface area contributed by atoms with Crippen LogP contribution in [0.3, 0.4) is 0 Å². The minimum absolute atomic E-state index is 0.127.